The Hall–Kier alpha value is -2.26. The van der Waals surface area contributed by atoms with Crippen LogP contribution in [0, 0.1) is 5.92 Å². The minimum atomic E-state index is -3.63. The average Bonchev–Trinajstić information content (AvgIpc) is 3.50. The van der Waals surface area contributed by atoms with Crippen molar-refractivity contribution in [2.75, 3.05) is 25.0 Å². The van der Waals surface area contributed by atoms with Gasteiger partial charge in [-0.2, -0.15) is 4.31 Å². The zero-order chi connectivity index (χ0) is 22.9. The summed E-state index contributed by atoms with van der Waals surface area (Å²) in [6.45, 7) is 5.25. The summed E-state index contributed by atoms with van der Waals surface area (Å²) in [5, 5.41) is 3.95. The standard InChI is InChI=1S/C23H32N4O4S/c1-4-10-26(3)23-8-7-19(15-24-23)32(29,30)27-11-9-17(12-16(27)2)13-21(28)20-14-22(31-25-20)18-5-6-18/h7-8,14-18H,4-6,9-13H2,1-3H3/t16-,17-/m0/s1. The van der Waals surface area contributed by atoms with Crippen LogP contribution in [0.1, 0.15) is 74.5 Å². The number of carbonyl (C=O) groups is 1. The van der Waals surface area contributed by atoms with Crippen molar-refractivity contribution in [2.24, 2.45) is 5.92 Å². The Morgan fingerprint density at radius 3 is 2.69 bits per heavy atom. The van der Waals surface area contributed by atoms with Crippen LogP contribution >= 0.6 is 0 Å². The van der Waals surface area contributed by atoms with Crippen LogP contribution in [0.15, 0.2) is 33.8 Å². The van der Waals surface area contributed by atoms with Crippen molar-refractivity contribution in [2.45, 2.75) is 69.2 Å². The summed E-state index contributed by atoms with van der Waals surface area (Å²) in [4.78, 5) is 19.2. The first kappa shape index (κ1) is 22.9. The second kappa shape index (κ2) is 9.31. The maximum atomic E-state index is 13.2. The lowest BCUT2D eigenvalue weighted by atomic mass is 9.88. The van der Waals surface area contributed by atoms with Crippen LogP contribution in [0.3, 0.4) is 0 Å². The Morgan fingerprint density at radius 2 is 2.06 bits per heavy atom. The van der Waals surface area contributed by atoms with Crippen molar-refractivity contribution in [3.05, 3.63) is 35.9 Å². The number of anilines is 1. The SMILES string of the molecule is CCCN(C)c1ccc(S(=O)(=O)N2CC[C@H](CC(=O)c3cc(C4CC4)on3)C[C@@H]2C)cn1. The van der Waals surface area contributed by atoms with Gasteiger partial charge >= 0.3 is 0 Å². The van der Waals surface area contributed by atoms with Crippen molar-refractivity contribution < 1.29 is 17.7 Å². The number of hydrogen-bond donors (Lipinski definition) is 0. The highest BCUT2D eigenvalue weighted by molar-refractivity contribution is 7.89. The first-order valence-electron chi connectivity index (χ1n) is 11.5. The Morgan fingerprint density at radius 1 is 1.28 bits per heavy atom. The zero-order valence-electron chi connectivity index (χ0n) is 19.0. The smallest absolute Gasteiger partial charge is 0.244 e. The number of ketones is 1. The number of sulfonamides is 1. The molecule has 174 valence electrons. The Labute approximate surface area is 190 Å². The molecular formula is C23H32N4O4S. The summed E-state index contributed by atoms with van der Waals surface area (Å²) in [7, 11) is -1.68. The van der Waals surface area contributed by atoms with Gasteiger partial charge in [-0.15, -0.1) is 0 Å². The Balaban J connectivity index is 1.37. The molecule has 2 fully saturated rings. The molecule has 9 heteroatoms. The van der Waals surface area contributed by atoms with Gasteiger partial charge in [-0.05, 0) is 57.1 Å². The van der Waals surface area contributed by atoms with E-state index < -0.39 is 10.0 Å². The van der Waals surface area contributed by atoms with E-state index in [1.165, 1.54) is 6.20 Å². The van der Waals surface area contributed by atoms with Gasteiger partial charge in [0.05, 0.1) is 0 Å². The number of Topliss-reactive ketones (excluding diaryl/α,β-unsaturated/α-hetero) is 1. The van der Waals surface area contributed by atoms with E-state index >= 15 is 0 Å². The molecule has 0 spiro atoms. The summed E-state index contributed by atoms with van der Waals surface area (Å²) in [6.07, 6.45) is 6.29. The lowest BCUT2D eigenvalue weighted by molar-refractivity contribution is 0.0923. The van der Waals surface area contributed by atoms with Crippen LogP contribution in [-0.2, 0) is 10.0 Å². The largest absolute Gasteiger partial charge is 0.360 e. The van der Waals surface area contributed by atoms with Crippen molar-refractivity contribution in [1.82, 2.24) is 14.4 Å². The lowest BCUT2D eigenvalue weighted by Crippen LogP contribution is -2.44. The fraction of sp³-hybridized carbons (Fsp3) is 0.609. The molecule has 0 amide bonds. The molecule has 1 saturated heterocycles. The van der Waals surface area contributed by atoms with E-state index in [9.17, 15) is 13.2 Å². The van der Waals surface area contributed by atoms with E-state index in [1.54, 1.807) is 22.5 Å². The number of nitrogens with zero attached hydrogens (tertiary/aromatic N) is 4. The first-order chi connectivity index (χ1) is 15.3. The fourth-order valence-corrected chi connectivity index (χ4v) is 6.08. The predicted molar refractivity (Wildman–Crippen MR) is 121 cm³/mol. The van der Waals surface area contributed by atoms with Crippen LogP contribution in [0.25, 0.3) is 0 Å². The summed E-state index contributed by atoms with van der Waals surface area (Å²) in [5.74, 6) is 2.10. The third kappa shape index (κ3) is 4.88. The van der Waals surface area contributed by atoms with E-state index in [4.69, 9.17) is 4.52 Å². The highest BCUT2D eigenvalue weighted by Crippen LogP contribution is 2.40. The number of carbonyl (C=O) groups excluding carboxylic acids is 1. The highest BCUT2D eigenvalue weighted by Gasteiger charge is 2.36. The molecule has 0 unspecified atom stereocenters. The molecule has 8 nitrogen and oxygen atoms in total. The second-order valence-corrected chi connectivity index (χ2v) is 11.0. The molecule has 32 heavy (non-hydrogen) atoms. The molecule has 0 N–H and O–H groups in total. The molecule has 2 aromatic heterocycles. The lowest BCUT2D eigenvalue weighted by Gasteiger charge is -2.36. The van der Waals surface area contributed by atoms with Crippen molar-refractivity contribution >= 4 is 21.6 Å². The summed E-state index contributed by atoms with van der Waals surface area (Å²) >= 11 is 0. The van der Waals surface area contributed by atoms with E-state index in [1.807, 2.05) is 18.9 Å². The number of piperidine rings is 1. The Kier molecular flexibility index (Phi) is 6.67. The topological polar surface area (TPSA) is 96.6 Å². The molecule has 2 atom stereocenters. The molecule has 0 radical (unpaired) electrons. The second-order valence-electron chi connectivity index (χ2n) is 9.14. The quantitative estimate of drug-likeness (QED) is 0.524. The van der Waals surface area contributed by atoms with Gasteiger partial charge in [0, 0.05) is 50.8 Å². The highest BCUT2D eigenvalue weighted by atomic mass is 32.2. The van der Waals surface area contributed by atoms with Crippen LogP contribution in [0.2, 0.25) is 0 Å². The number of pyridine rings is 1. The molecule has 0 bridgehead atoms. The van der Waals surface area contributed by atoms with E-state index in [2.05, 4.69) is 17.1 Å². The normalized spacial score (nSPS) is 22.1. The molecule has 1 aliphatic carbocycles. The average molecular weight is 461 g/mol. The van der Waals surface area contributed by atoms with Gasteiger partial charge in [-0.3, -0.25) is 4.79 Å². The Bertz CT molecular complexity index is 1050. The van der Waals surface area contributed by atoms with E-state index in [0.29, 0.717) is 37.4 Å². The first-order valence-corrected chi connectivity index (χ1v) is 12.9. The molecule has 0 aromatic carbocycles. The van der Waals surface area contributed by atoms with Crippen LogP contribution in [0.5, 0.6) is 0 Å². The third-order valence-electron chi connectivity index (χ3n) is 6.47. The molecule has 2 aromatic rings. The third-order valence-corrected chi connectivity index (χ3v) is 8.47. The monoisotopic (exact) mass is 460 g/mol. The van der Waals surface area contributed by atoms with Gasteiger partial charge in [-0.25, -0.2) is 13.4 Å². The van der Waals surface area contributed by atoms with Gasteiger partial charge in [0.25, 0.3) is 0 Å². The van der Waals surface area contributed by atoms with E-state index in [0.717, 1.165) is 37.4 Å². The number of aromatic nitrogens is 2. The minimum absolute atomic E-state index is 0.0230. The van der Waals surface area contributed by atoms with Gasteiger partial charge in [0.15, 0.2) is 5.78 Å². The summed E-state index contributed by atoms with van der Waals surface area (Å²) in [6, 6.07) is 4.98. The van der Waals surface area contributed by atoms with Gasteiger partial charge in [-0.1, -0.05) is 12.1 Å². The number of hydrogen-bond acceptors (Lipinski definition) is 7. The number of rotatable bonds is 9. The van der Waals surface area contributed by atoms with Crippen LogP contribution in [0.4, 0.5) is 5.82 Å². The maximum Gasteiger partial charge on any atom is 0.244 e. The zero-order valence-corrected chi connectivity index (χ0v) is 19.8. The fourth-order valence-electron chi connectivity index (χ4n) is 4.47. The molecule has 4 rings (SSSR count). The van der Waals surface area contributed by atoms with Crippen molar-refractivity contribution in [1.29, 1.82) is 0 Å². The van der Waals surface area contributed by atoms with Gasteiger partial charge < -0.3 is 9.42 Å². The molecule has 1 aliphatic heterocycles. The molecule has 3 heterocycles. The summed E-state index contributed by atoms with van der Waals surface area (Å²) in [5.41, 5.74) is 0.397. The predicted octanol–water partition coefficient (Wildman–Crippen LogP) is 3.86. The summed E-state index contributed by atoms with van der Waals surface area (Å²) < 4.78 is 33.3. The van der Waals surface area contributed by atoms with E-state index in [-0.39, 0.29) is 22.6 Å². The van der Waals surface area contributed by atoms with Gasteiger partial charge in [0.2, 0.25) is 10.0 Å². The minimum Gasteiger partial charge on any atom is -0.360 e. The van der Waals surface area contributed by atoms with Gasteiger partial charge in [0.1, 0.15) is 22.2 Å². The van der Waals surface area contributed by atoms with Crippen molar-refractivity contribution in [3.63, 3.8) is 0 Å². The molecular weight excluding hydrogens is 428 g/mol. The maximum absolute atomic E-state index is 13.2. The van der Waals surface area contributed by atoms with Crippen LogP contribution in [-0.4, -0.2) is 54.8 Å². The van der Waals surface area contributed by atoms with Crippen molar-refractivity contribution in [3.8, 4) is 0 Å². The molecule has 1 saturated carbocycles. The molecule has 2 aliphatic rings. The van der Waals surface area contributed by atoms with Crippen LogP contribution < -0.4 is 4.90 Å².